The Kier molecular flexibility index (Phi) is 2.80. The Morgan fingerprint density at radius 3 is 3.27 bits per heavy atom. The van der Waals surface area contributed by atoms with E-state index in [-0.39, 0.29) is 0 Å². The van der Waals surface area contributed by atoms with Gasteiger partial charge in [-0.15, -0.1) is 0 Å². The number of carbonyl (C=O) groups excluding carboxylic acids is 1. The summed E-state index contributed by atoms with van der Waals surface area (Å²) in [5, 5.41) is 3.48. The van der Waals surface area contributed by atoms with Crippen molar-refractivity contribution in [2.75, 3.05) is 13.7 Å². The van der Waals surface area contributed by atoms with E-state index in [1.54, 1.807) is 7.11 Å². The number of nitrogens with zero attached hydrogens (tertiary/aromatic N) is 1. The summed E-state index contributed by atoms with van der Waals surface area (Å²) >= 11 is 0. The van der Waals surface area contributed by atoms with E-state index in [0.717, 1.165) is 6.29 Å². The highest BCUT2D eigenvalue weighted by molar-refractivity contribution is 5.75. The van der Waals surface area contributed by atoms with Crippen molar-refractivity contribution in [3.63, 3.8) is 0 Å². The molecule has 0 spiro atoms. The predicted molar refractivity (Wildman–Crippen MR) is 37.5 cm³/mol. The van der Waals surface area contributed by atoms with Gasteiger partial charge in [0.2, 0.25) is 0 Å². The predicted octanol–water partition coefficient (Wildman–Crippen LogP) is 0.676. The first-order valence-corrected chi connectivity index (χ1v) is 3.26. The molecule has 4 nitrogen and oxygen atoms in total. The summed E-state index contributed by atoms with van der Waals surface area (Å²) in [6.45, 7) is 0.538. The van der Waals surface area contributed by atoms with Crippen LogP contribution in [0.5, 0.6) is 0 Å². The van der Waals surface area contributed by atoms with E-state index in [1.165, 1.54) is 6.20 Å². The quantitative estimate of drug-likeness (QED) is 0.600. The lowest BCUT2D eigenvalue weighted by molar-refractivity contribution is 0.112. The molecule has 0 aliphatic carbocycles. The Labute approximate surface area is 64.1 Å². The maximum absolute atomic E-state index is 10.3. The number of hydrogen-bond donors (Lipinski definition) is 0. The molecule has 0 fully saturated rings. The molecule has 1 aromatic rings. The zero-order chi connectivity index (χ0) is 8.10. The molecule has 0 radical (unpaired) electrons. The summed E-state index contributed by atoms with van der Waals surface area (Å²) < 4.78 is 9.61. The second-order valence-electron chi connectivity index (χ2n) is 2.06. The Balaban J connectivity index is 2.61. The fourth-order valence-corrected chi connectivity index (χ4v) is 0.752. The highest BCUT2D eigenvalue weighted by Crippen LogP contribution is 2.05. The highest BCUT2D eigenvalue weighted by atomic mass is 16.5. The van der Waals surface area contributed by atoms with Gasteiger partial charge in [-0.25, -0.2) is 0 Å². The maximum atomic E-state index is 10.3. The van der Waals surface area contributed by atoms with E-state index in [0.29, 0.717) is 24.4 Å². The smallest absolute Gasteiger partial charge is 0.155 e. The first kappa shape index (κ1) is 7.94. The Bertz CT molecular complexity index is 231. The molecule has 0 N–H and O–H groups in total. The third-order valence-corrected chi connectivity index (χ3v) is 1.34. The number of aromatic nitrogens is 1. The van der Waals surface area contributed by atoms with Crippen molar-refractivity contribution in [2.24, 2.45) is 0 Å². The van der Waals surface area contributed by atoms with Gasteiger partial charge in [0.1, 0.15) is 5.76 Å². The maximum Gasteiger partial charge on any atom is 0.155 e. The fourth-order valence-electron chi connectivity index (χ4n) is 0.752. The van der Waals surface area contributed by atoms with Gasteiger partial charge in [0, 0.05) is 13.5 Å². The van der Waals surface area contributed by atoms with Crippen LogP contribution in [0, 0.1) is 0 Å². The van der Waals surface area contributed by atoms with Crippen LogP contribution in [-0.2, 0) is 11.2 Å². The molecular weight excluding hydrogens is 146 g/mol. The summed E-state index contributed by atoms with van der Waals surface area (Å²) in [4.78, 5) is 10.3. The number of rotatable bonds is 4. The van der Waals surface area contributed by atoms with Gasteiger partial charge in [-0.05, 0) is 0 Å². The van der Waals surface area contributed by atoms with Crippen LogP contribution in [0.15, 0.2) is 10.7 Å². The highest BCUT2D eigenvalue weighted by Gasteiger charge is 2.05. The molecule has 0 aliphatic heterocycles. The molecule has 1 heterocycles. The molecule has 11 heavy (non-hydrogen) atoms. The summed E-state index contributed by atoms with van der Waals surface area (Å²) in [5.41, 5.74) is 0.502. The molecule has 0 amide bonds. The number of hydrogen-bond acceptors (Lipinski definition) is 4. The lowest BCUT2D eigenvalue weighted by Crippen LogP contribution is -1.95. The molecule has 0 unspecified atom stereocenters. The van der Waals surface area contributed by atoms with Gasteiger partial charge in [-0.1, -0.05) is 5.16 Å². The summed E-state index contributed by atoms with van der Waals surface area (Å²) in [6, 6.07) is 0. The van der Waals surface area contributed by atoms with E-state index >= 15 is 0 Å². The topological polar surface area (TPSA) is 52.3 Å². The fraction of sp³-hybridized carbons (Fsp3) is 0.429. The van der Waals surface area contributed by atoms with E-state index in [1.807, 2.05) is 0 Å². The molecule has 0 saturated carbocycles. The van der Waals surface area contributed by atoms with Crippen molar-refractivity contribution in [2.45, 2.75) is 6.42 Å². The van der Waals surface area contributed by atoms with Crippen LogP contribution in [0.1, 0.15) is 16.1 Å². The standard InChI is InChI=1S/C7H9NO3/c1-10-3-2-7-6(5-9)4-8-11-7/h4-5H,2-3H2,1H3. The zero-order valence-corrected chi connectivity index (χ0v) is 6.24. The van der Waals surface area contributed by atoms with E-state index in [2.05, 4.69) is 5.16 Å². The van der Waals surface area contributed by atoms with Gasteiger partial charge in [-0.3, -0.25) is 4.79 Å². The SMILES string of the molecule is COCCc1oncc1C=O. The zero-order valence-electron chi connectivity index (χ0n) is 6.24. The first-order valence-electron chi connectivity index (χ1n) is 3.26. The van der Waals surface area contributed by atoms with E-state index < -0.39 is 0 Å². The van der Waals surface area contributed by atoms with Gasteiger partial charge in [-0.2, -0.15) is 0 Å². The number of ether oxygens (including phenoxy) is 1. The monoisotopic (exact) mass is 155 g/mol. The molecular formula is C7H9NO3. The minimum absolute atomic E-state index is 0.502. The van der Waals surface area contributed by atoms with Crippen molar-refractivity contribution in [1.82, 2.24) is 5.16 Å². The summed E-state index contributed by atoms with van der Waals surface area (Å²) in [5.74, 6) is 0.585. The van der Waals surface area contributed by atoms with Gasteiger partial charge in [0.25, 0.3) is 0 Å². The third kappa shape index (κ3) is 1.88. The first-order chi connectivity index (χ1) is 5.38. The molecule has 1 rings (SSSR count). The Morgan fingerprint density at radius 2 is 2.64 bits per heavy atom. The van der Waals surface area contributed by atoms with Gasteiger partial charge in [0.05, 0.1) is 18.4 Å². The second-order valence-corrected chi connectivity index (χ2v) is 2.06. The molecule has 0 saturated heterocycles. The van der Waals surface area contributed by atoms with Crippen LogP contribution in [-0.4, -0.2) is 25.2 Å². The van der Waals surface area contributed by atoms with Gasteiger partial charge in [0.15, 0.2) is 6.29 Å². The van der Waals surface area contributed by atoms with Crippen molar-refractivity contribution in [3.05, 3.63) is 17.5 Å². The van der Waals surface area contributed by atoms with Gasteiger partial charge >= 0.3 is 0 Å². The average molecular weight is 155 g/mol. The normalized spacial score (nSPS) is 9.91. The molecule has 1 aromatic heterocycles. The van der Waals surface area contributed by atoms with Crippen LogP contribution in [0.2, 0.25) is 0 Å². The number of carbonyl (C=O) groups is 1. The van der Waals surface area contributed by atoms with Crippen molar-refractivity contribution in [3.8, 4) is 0 Å². The van der Waals surface area contributed by atoms with Crippen LogP contribution in [0.25, 0.3) is 0 Å². The summed E-state index contributed by atoms with van der Waals surface area (Å²) in [6.07, 6.45) is 2.71. The molecule has 4 heteroatoms. The van der Waals surface area contributed by atoms with Crippen molar-refractivity contribution in [1.29, 1.82) is 0 Å². The largest absolute Gasteiger partial charge is 0.384 e. The lowest BCUT2D eigenvalue weighted by Gasteiger charge is -1.93. The Morgan fingerprint density at radius 1 is 1.82 bits per heavy atom. The molecule has 60 valence electrons. The molecule has 0 aliphatic rings. The number of methoxy groups -OCH3 is 1. The average Bonchev–Trinajstić information content (AvgIpc) is 2.47. The van der Waals surface area contributed by atoms with Crippen LogP contribution < -0.4 is 0 Å². The van der Waals surface area contributed by atoms with Crippen molar-refractivity contribution >= 4 is 6.29 Å². The second kappa shape index (κ2) is 3.88. The van der Waals surface area contributed by atoms with Crippen LogP contribution in [0.3, 0.4) is 0 Å². The molecule has 0 aromatic carbocycles. The molecule has 0 atom stereocenters. The number of aldehydes is 1. The van der Waals surface area contributed by atoms with E-state index in [9.17, 15) is 4.79 Å². The van der Waals surface area contributed by atoms with Crippen LogP contribution >= 0.6 is 0 Å². The lowest BCUT2D eigenvalue weighted by atomic mass is 10.2. The van der Waals surface area contributed by atoms with Gasteiger partial charge < -0.3 is 9.26 Å². The molecule has 0 bridgehead atoms. The van der Waals surface area contributed by atoms with E-state index in [4.69, 9.17) is 9.26 Å². The van der Waals surface area contributed by atoms with Crippen LogP contribution in [0.4, 0.5) is 0 Å². The Hall–Kier alpha value is -1.16. The third-order valence-electron chi connectivity index (χ3n) is 1.34. The van der Waals surface area contributed by atoms with Crippen molar-refractivity contribution < 1.29 is 14.1 Å². The minimum Gasteiger partial charge on any atom is -0.384 e. The summed E-state index contributed by atoms with van der Waals surface area (Å²) in [7, 11) is 1.59. The minimum atomic E-state index is 0.502.